The molecule has 1 atom stereocenters. The molecule has 2 N–H and O–H groups in total. The third-order valence-corrected chi connectivity index (χ3v) is 5.85. The van der Waals surface area contributed by atoms with E-state index in [4.69, 9.17) is 10.2 Å². The molecule has 0 spiro atoms. The summed E-state index contributed by atoms with van der Waals surface area (Å²) in [6.45, 7) is 9.43. The Labute approximate surface area is 115 Å². The Kier molecular flexibility index (Phi) is 4.81. The van der Waals surface area contributed by atoms with Gasteiger partial charge in [-0.25, -0.2) is 8.42 Å². The van der Waals surface area contributed by atoms with Crippen molar-refractivity contribution in [2.24, 2.45) is 11.7 Å². The molecular formula is C13H24N2O3S. The van der Waals surface area contributed by atoms with E-state index in [2.05, 4.69) is 0 Å². The first-order valence-electron chi connectivity index (χ1n) is 6.41. The van der Waals surface area contributed by atoms with Crippen LogP contribution in [-0.2, 0) is 16.6 Å². The molecule has 6 heteroatoms. The Morgan fingerprint density at radius 2 is 1.74 bits per heavy atom. The summed E-state index contributed by atoms with van der Waals surface area (Å²) in [5.74, 6) is 1.21. The number of nitrogens with two attached hydrogens (primary N) is 1. The Balaban J connectivity index is 3.36. The van der Waals surface area contributed by atoms with Crippen LogP contribution in [0, 0.1) is 19.8 Å². The summed E-state index contributed by atoms with van der Waals surface area (Å²) < 4.78 is 32.2. The van der Waals surface area contributed by atoms with Crippen molar-refractivity contribution in [3.8, 4) is 0 Å². The fraction of sp³-hybridized carbons (Fsp3) is 0.692. The zero-order chi connectivity index (χ0) is 15.0. The smallest absolute Gasteiger partial charge is 0.246 e. The second kappa shape index (κ2) is 5.64. The van der Waals surface area contributed by atoms with E-state index < -0.39 is 10.0 Å². The predicted molar refractivity (Wildman–Crippen MR) is 75.3 cm³/mol. The number of rotatable bonds is 5. The zero-order valence-corrected chi connectivity index (χ0v) is 13.3. The maximum absolute atomic E-state index is 12.7. The molecule has 0 aliphatic heterocycles. The second-order valence-electron chi connectivity index (χ2n) is 5.23. The van der Waals surface area contributed by atoms with Gasteiger partial charge in [-0.3, -0.25) is 0 Å². The van der Waals surface area contributed by atoms with E-state index in [-0.39, 0.29) is 23.4 Å². The lowest BCUT2D eigenvalue weighted by molar-refractivity contribution is 0.315. The van der Waals surface area contributed by atoms with Crippen molar-refractivity contribution >= 4 is 10.0 Å². The molecule has 0 aliphatic carbocycles. The van der Waals surface area contributed by atoms with Crippen molar-refractivity contribution in [2.75, 3.05) is 7.05 Å². The van der Waals surface area contributed by atoms with Gasteiger partial charge in [-0.2, -0.15) is 4.31 Å². The molecule has 0 radical (unpaired) electrons. The average Bonchev–Trinajstić information content (AvgIpc) is 2.61. The van der Waals surface area contributed by atoms with Gasteiger partial charge in [0.2, 0.25) is 10.0 Å². The van der Waals surface area contributed by atoms with Crippen LogP contribution in [-0.4, -0.2) is 25.8 Å². The summed E-state index contributed by atoms with van der Waals surface area (Å²) >= 11 is 0. The van der Waals surface area contributed by atoms with E-state index in [0.29, 0.717) is 17.1 Å². The van der Waals surface area contributed by atoms with Gasteiger partial charge in [0.1, 0.15) is 16.4 Å². The number of sulfonamides is 1. The highest BCUT2D eigenvalue weighted by atomic mass is 32.2. The van der Waals surface area contributed by atoms with E-state index in [1.807, 2.05) is 20.8 Å². The minimum atomic E-state index is -3.58. The third kappa shape index (κ3) is 2.85. The first kappa shape index (κ1) is 16.2. The molecule has 0 amide bonds. The highest BCUT2D eigenvalue weighted by molar-refractivity contribution is 7.89. The van der Waals surface area contributed by atoms with Crippen LogP contribution in [0.1, 0.15) is 37.9 Å². The van der Waals surface area contributed by atoms with Gasteiger partial charge in [0.15, 0.2) is 0 Å². The maximum Gasteiger partial charge on any atom is 0.246 e. The molecule has 1 heterocycles. The van der Waals surface area contributed by atoms with Crippen LogP contribution < -0.4 is 5.73 Å². The quantitative estimate of drug-likeness (QED) is 0.899. The van der Waals surface area contributed by atoms with Crippen LogP contribution in [0.4, 0.5) is 0 Å². The number of furan rings is 1. The molecule has 0 bridgehead atoms. The molecular weight excluding hydrogens is 264 g/mol. The first-order valence-corrected chi connectivity index (χ1v) is 7.85. The van der Waals surface area contributed by atoms with Crippen LogP contribution in [0.25, 0.3) is 0 Å². The third-order valence-electron chi connectivity index (χ3n) is 3.70. The fourth-order valence-corrected chi connectivity index (χ4v) is 3.98. The standard InChI is InChI=1S/C13H24N2O3S/c1-8(2)9(3)15(6)19(16,17)13-11(5)18-10(4)12(13)7-14/h8-9H,7,14H2,1-6H3. The molecule has 19 heavy (non-hydrogen) atoms. The number of nitrogens with zero attached hydrogens (tertiary/aromatic N) is 1. The van der Waals surface area contributed by atoms with Crippen molar-refractivity contribution in [3.05, 3.63) is 17.1 Å². The van der Waals surface area contributed by atoms with E-state index in [9.17, 15) is 8.42 Å². The second-order valence-corrected chi connectivity index (χ2v) is 7.17. The van der Waals surface area contributed by atoms with E-state index in [0.717, 1.165) is 0 Å². The molecule has 1 aromatic heterocycles. The Bertz CT molecular complexity index is 546. The van der Waals surface area contributed by atoms with E-state index >= 15 is 0 Å². The Hall–Kier alpha value is -0.850. The molecule has 0 aromatic carbocycles. The van der Waals surface area contributed by atoms with Gasteiger partial charge >= 0.3 is 0 Å². The molecule has 1 unspecified atom stereocenters. The molecule has 0 fully saturated rings. The van der Waals surface area contributed by atoms with Gasteiger partial charge < -0.3 is 10.2 Å². The van der Waals surface area contributed by atoms with Crippen LogP contribution in [0.3, 0.4) is 0 Å². The molecule has 1 aromatic rings. The van der Waals surface area contributed by atoms with Crippen molar-refractivity contribution in [1.29, 1.82) is 0 Å². The summed E-state index contributed by atoms with van der Waals surface area (Å²) in [6.07, 6.45) is 0. The molecule has 0 aliphatic rings. The summed E-state index contributed by atoms with van der Waals surface area (Å²) in [7, 11) is -1.98. The zero-order valence-electron chi connectivity index (χ0n) is 12.5. The van der Waals surface area contributed by atoms with Crippen LogP contribution >= 0.6 is 0 Å². The van der Waals surface area contributed by atoms with Gasteiger partial charge in [0.25, 0.3) is 0 Å². The minimum absolute atomic E-state index is 0.0924. The van der Waals surface area contributed by atoms with Crippen molar-refractivity contribution in [2.45, 2.75) is 52.1 Å². The van der Waals surface area contributed by atoms with Crippen LogP contribution in [0.2, 0.25) is 0 Å². The predicted octanol–water partition coefficient (Wildman–Crippen LogP) is 2.02. The summed E-state index contributed by atoms with van der Waals surface area (Å²) in [5, 5.41) is 0. The first-order chi connectivity index (χ1) is 8.64. The molecule has 1 rings (SSSR count). The van der Waals surface area contributed by atoms with Crippen molar-refractivity contribution in [3.63, 3.8) is 0 Å². The molecule has 110 valence electrons. The van der Waals surface area contributed by atoms with Crippen molar-refractivity contribution in [1.82, 2.24) is 4.31 Å². The van der Waals surface area contributed by atoms with Crippen molar-refractivity contribution < 1.29 is 12.8 Å². The lowest BCUT2D eigenvalue weighted by Crippen LogP contribution is -2.38. The topological polar surface area (TPSA) is 76.5 Å². The lowest BCUT2D eigenvalue weighted by atomic mass is 10.1. The fourth-order valence-electron chi connectivity index (χ4n) is 2.07. The van der Waals surface area contributed by atoms with Gasteiger partial charge in [0.05, 0.1) is 0 Å². The average molecular weight is 288 g/mol. The van der Waals surface area contributed by atoms with Crippen LogP contribution in [0.5, 0.6) is 0 Å². The summed E-state index contributed by atoms with van der Waals surface area (Å²) in [5.41, 5.74) is 6.22. The normalized spacial score (nSPS) is 14.4. The Morgan fingerprint density at radius 1 is 1.21 bits per heavy atom. The summed E-state index contributed by atoms with van der Waals surface area (Å²) in [6, 6.07) is -0.0924. The molecule has 5 nitrogen and oxygen atoms in total. The highest BCUT2D eigenvalue weighted by Crippen LogP contribution is 2.30. The lowest BCUT2D eigenvalue weighted by Gasteiger charge is -2.27. The highest BCUT2D eigenvalue weighted by Gasteiger charge is 2.33. The van der Waals surface area contributed by atoms with Gasteiger partial charge in [-0.1, -0.05) is 13.8 Å². The SMILES string of the molecule is Cc1oc(C)c(S(=O)(=O)N(C)C(C)C(C)C)c1CN. The molecule has 0 saturated heterocycles. The largest absolute Gasteiger partial charge is 0.465 e. The van der Waals surface area contributed by atoms with Gasteiger partial charge in [0, 0.05) is 25.2 Å². The maximum atomic E-state index is 12.7. The number of hydrogen-bond acceptors (Lipinski definition) is 4. The van der Waals surface area contributed by atoms with E-state index in [1.165, 1.54) is 4.31 Å². The van der Waals surface area contributed by atoms with Crippen LogP contribution in [0.15, 0.2) is 9.31 Å². The summed E-state index contributed by atoms with van der Waals surface area (Å²) in [4.78, 5) is 0.225. The minimum Gasteiger partial charge on any atom is -0.465 e. The Morgan fingerprint density at radius 3 is 2.16 bits per heavy atom. The monoisotopic (exact) mass is 288 g/mol. The van der Waals surface area contributed by atoms with Gasteiger partial charge in [-0.05, 0) is 26.7 Å². The number of hydrogen-bond donors (Lipinski definition) is 1. The van der Waals surface area contributed by atoms with Gasteiger partial charge in [-0.15, -0.1) is 0 Å². The van der Waals surface area contributed by atoms with E-state index in [1.54, 1.807) is 20.9 Å². The number of aryl methyl sites for hydroxylation is 2. The molecule has 0 saturated carbocycles.